The van der Waals surface area contributed by atoms with E-state index in [1.807, 2.05) is 48.2 Å². The highest BCUT2D eigenvalue weighted by atomic mass is 16.5. The summed E-state index contributed by atoms with van der Waals surface area (Å²) in [6.07, 6.45) is 2.39. The van der Waals surface area contributed by atoms with Crippen LogP contribution in [-0.4, -0.2) is 55.0 Å². The van der Waals surface area contributed by atoms with Gasteiger partial charge in [-0.05, 0) is 43.2 Å². The molecule has 0 spiro atoms. The molecule has 0 bridgehead atoms. The predicted octanol–water partition coefficient (Wildman–Crippen LogP) is 2.32. The molecule has 2 heterocycles. The van der Waals surface area contributed by atoms with Gasteiger partial charge >= 0.3 is 0 Å². The zero-order valence-corrected chi connectivity index (χ0v) is 16.8. The summed E-state index contributed by atoms with van der Waals surface area (Å²) in [4.78, 5) is 33.9. The molecule has 1 aromatic carbocycles. The number of aryl methyl sites for hydroxylation is 1. The smallest absolute Gasteiger partial charge is 0.228 e. The summed E-state index contributed by atoms with van der Waals surface area (Å²) >= 11 is 0. The largest absolute Gasteiger partial charge is 0.495 e. The van der Waals surface area contributed by atoms with Crippen LogP contribution >= 0.6 is 0 Å². The number of aromatic nitrogens is 1. The van der Waals surface area contributed by atoms with E-state index in [0.29, 0.717) is 30.9 Å². The van der Waals surface area contributed by atoms with Crippen molar-refractivity contribution in [2.75, 3.05) is 43.5 Å². The second-order valence-corrected chi connectivity index (χ2v) is 7.64. The van der Waals surface area contributed by atoms with Crippen LogP contribution in [0, 0.1) is 18.8 Å². The number of pyridine rings is 1. The second kappa shape index (κ2) is 8.11. The van der Waals surface area contributed by atoms with Crippen molar-refractivity contribution in [2.24, 2.45) is 11.8 Å². The number of hydrogen-bond acceptors (Lipinski definition) is 5. The van der Waals surface area contributed by atoms with Crippen LogP contribution < -0.4 is 15.0 Å². The zero-order chi connectivity index (χ0) is 20.4. The Bertz CT molecular complexity index is 894. The van der Waals surface area contributed by atoms with Crippen molar-refractivity contribution in [3.63, 3.8) is 0 Å². The molecule has 1 aliphatic carbocycles. The molecule has 1 aliphatic heterocycles. The Balaban J connectivity index is 1.31. The molecule has 1 saturated heterocycles. The third kappa shape index (κ3) is 4.18. The number of nitrogens with zero attached hydrogens (tertiary/aromatic N) is 3. The predicted molar refractivity (Wildman–Crippen MR) is 111 cm³/mol. The topological polar surface area (TPSA) is 74.8 Å². The van der Waals surface area contributed by atoms with E-state index in [4.69, 9.17) is 4.74 Å². The SMILES string of the molecule is COc1ccc(C)cc1NC(=O)C1CC1C(=O)N1CCN(c2ccccn2)CC1. The summed E-state index contributed by atoms with van der Waals surface area (Å²) in [5.41, 5.74) is 1.69. The third-order valence-electron chi connectivity index (χ3n) is 5.62. The average Bonchev–Trinajstić information content (AvgIpc) is 3.55. The van der Waals surface area contributed by atoms with Gasteiger partial charge in [0.05, 0.1) is 24.6 Å². The molecule has 2 aliphatic rings. The Morgan fingerprint density at radius 2 is 1.90 bits per heavy atom. The summed E-state index contributed by atoms with van der Waals surface area (Å²) in [6.45, 7) is 4.79. The Hall–Kier alpha value is -3.09. The molecule has 2 atom stereocenters. The number of benzene rings is 1. The van der Waals surface area contributed by atoms with E-state index >= 15 is 0 Å². The minimum atomic E-state index is -0.262. The number of carbonyl (C=O) groups excluding carboxylic acids is 2. The van der Waals surface area contributed by atoms with Crippen LogP contribution in [0.2, 0.25) is 0 Å². The first-order valence-electron chi connectivity index (χ1n) is 9.97. The average molecular weight is 394 g/mol. The maximum atomic E-state index is 12.8. The minimum Gasteiger partial charge on any atom is -0.495 e. The van der Waals surface area contributed by atoms with E-state index in [9.17, 15) is 9.59 Å². The molecular formula is C22H26N4O3. The first-order chi connectivity index (χ1) is 14.1. The van der Waals surface area contributed by atoms with Crippen molar-refractivity contribution >= 4 is 23.3 Å². The number of anilines is 2. The molecule has 1 saturated carbocycles. The highest BCUT2D eigenvalue weighted by Gasteiger charge is 2.49. The van der Waals surface area contributed by atoms with Crippen LogP contribution in [0.5, 0.6) is 5.75 Å². The standard InChI is InChI=1S/C22H26N4O3/c1-15-6-7-19(29-2)18(13-15)24-21(27)16-14-17(16)22(28)26-11-9-25(10-12-26)20-5-3-4-8-23-20/h3-8,13,16-17H,9-12,14H2,1-2H3,(H,24,27). The molecule has 2 aromatic rings. The minimum absolute atomic E-state index is 0.0852. The van der Waals surface area contributed by atoms with Crippen LogP contribution in [0.15, 0.2) is 42.6 Å². The maximum Gasteiger partial charge on any atom is 0.228 e. The number of carbonyl (C=O) groups is 2. The molecule has 2 amide bonds. The summed E-state index contributed by atoms with van der Waals surface area (Å²) in [7, 11) is 1.58. The van der Waals surface area contributed by atoms with E-state index in [-0.39, 0.29) is 23.7 Å². The third-order valence-corrected chi connectivity index (χ3v) is 5.62. The van der Waals surface area contributed by atoms with Crippen LogP contribution in [0.4, 0.5) is 11.5 Å². The first kappa shape index (κ1) is 19.2. The van der Waals surface area contributed by atoms with Crippen molar-refractivity contribution in [3.05, 3.63) is 48.2 Å². The maximum absolute atomic E-state index is 12.8. The molecule has 7 heteroatoms. The molecule has 1 N–H and O–H groups in total. The van der Waals surface area contributed by atoms with Crippen molar-refractivity contribution in [3.8, 4) is 5.75 Å². The fraction of sp³-hybridized carbons (Fsp3) is 0.409. The molecule has 1 aromatic heterocycles. The van der Waals surface area contributed by atoms with Gasteiger partial charge in [-0.15, -0.1) is 0 Å². The van der Waals surface area contributed by atoms with Gasteiger partial charge in [0.1, 0.15) is 11.6 Å². The zero-order valence-electron chi connectivity index (χ0n) is 16.8. The van der Waals surface area contributed by atoms with E-state index < -0.39 is 0 Å². The first-order valence-corrected chi connectivity index (χ1v) is 9.97. The summed E-state index contributed by atoms with van der Waals surface area (Å²) < 4.78 is 5.32. The number of amides is 2. The lowest BCUT2D eigenvalue weighted by Crippen LogP contribution is -2.49. The monoisotopic (exact) mass is 394 g/mol. The van der Waals surface area contributed by atoms with Crippen molar-refractivity contribution < 1.29 is 14.3 Å². The lowest BCUT2D eigenvalue weighted by Gasteiger charge is -2.35. The number of ether oxygens (including phenoxy) is 1. The van der Waals surface area contributed by atoms with Gasteiger partial charge in [0.2, 0.25) is 11.8 Å². The number of rotatable bonds is 5. The molecule has 2 fully saturated rings. The molecule has 0 radical (unpaired) electrons. The van der Waals surface area contributed by atoms with Gasteiger partial charge in [0.15, 0.2) is 0 Å². The van der Waals surface area contributed by atoms with Gasteiger partial charge < -0.3 is 19.9 Å². The lowest BCUT2D eigenvalue weighted by molar-refractivity contribution is -0.134. The Morgan fingerprint density at radius 1 is 1.10 bits per heavy atom. The van der Waals surface area contributed by atoms with Gasteiger partial charge in [0.25, 0.3) is 0 Å². The van der Waals surface area contributed by atoms with E-state index in [1.54, 1.807) is 13.3 Å². The Morgan fingerprint density at radius 3 is 2.59 bits per heavy atom. The molecule has 152 valence electrons. The fourth-order valence-electron chi connectivity index (χ4n) is 3.83. The van der Waals surface area contributed by atoms with Crippen LogP contribution in [0.3, 0.4) is 0 Å². The Kier molecular flexibility index (Phi) is 5.38. The van der Waals surface area contributed by atoms with Crippen LogP contribution in [0.25, 0.3) is 0 Å². The van der Waals surface area contributed by atoms with E-state index in [0.717, 1.165) is 24.5 Å². The fourth-order valence-corrected chi connectivity index (χ4v) is 3.83. The normalized spacial score (nSPS) is 20.9. The summed E-state index contributed by atoms with van der Waals surface area (Å²) in [6, 6.07) is 11.5. The van der Waals surface area contributed by atoms with Crippen molar-refractivity contribution in [2.45, 2.75) is 13.3 Å². The van der Waals surface area contributed by atoms with Gasteiger partial charge in [-0.2, -0.15) is 0 Å². The van der Waals surface area contributed by atoms with Gasteiger partial charge in [0, 0.05) is 32.4 Å². The van der Waals surface area contributed by atoms with Gasteiger partial charge in [-0.1, -0.05) is 12.1 Å². The number of nitrogens with one attached hydrogen (secondary N) is 1. The quantitative estimate of drug-likeness (QED) is 0.842. The highest BCUT2D eigenvalue weighted by molar-refractivity contribution is 6.00. The molecule has 29 heavy (non-hydrogen) atoms. The summed E-state index contributed by atoms with van der Waals surface area (Å²) in [5.74, 6) is 1.06. The number of hydrogen-bond donors (Lipinski definition) is 1. The van der Waals surface area contributed by atoms with E-state index in [1.165, 1.54) is 0 Å². The van der Waals surface area contributed by atoms with Crippen molar-refractivity contribution in [1.29, 1.82) is 0 Å². The van der Waals surface area contributed by atoms with Crippen LogP contribution in [0.1, 0.15) is 12.0 Å². The summed E-state index contributed by atoms with van der Waals surface area (Å²) in [5, 5.41) is 2.93. The van der Waals surface area contributed by atoms with Crippen molar-refractivity contribution in [1.82, 2.24) is 9.88 Å². The molecular weight excluding hydrogens is 368 g/mol. The molecule has 4 rings (SSSR count). The highest BCUT2D eigenvalue weighted by Crippen LogP contribution is 2.41. The number of piperazine rings is 1. The van der Waals surface area contributed by atoms with Crippen LogP contribution in [-0.2, 0) is 9.59 Å². The lowest BCUT2D eigenvalue weighted by atomic mass is 10.2. The van der Waals surface area contributed by atoms with E-state index in [2.05, 4.69) is 15.2 Å². The second-order valence-electron chi connectivity index (χ2n) is 7.64. The molecule has 2 unspecified atom stereocenters. The van der Waals surface area contributed by atoms with Gasteiger partial charge in [-0.3, -0.25) is 9.59 Å². The van der Waals surface area contributed by atoms with Gasteiger partial charge in [-0.25, -0.2) is 4.98 Å². The number of methoxy groups -OCH3 is 1. The molecule has 7 nitrogen and oxygen atoms in total. The Labute approximate surface area is 170 Å².